The molecule has 2 atom stereocenters. The summed E-state index contributed by atoms with van der Waals surface area (Å²) in [4.78, 5) is 24.2. The van der Waals surface area contributed by atoms with Crippen molar-refractivity contribution in [1.82, 2.24) is 4.90 Å². The number of methoxy groups -OCH3 is 1. The van der Waals surface area contributed by atoms with Gasteiger partial charge in [-0.3, -0.25) is 14.9 Å². The van der Waals surface area contributed by atoms with Crippen LogP contribution in [0.4, 0.5) is 27.6 Å². The molecular weight excluding hydrogens is 443 g/mol. The third-order valence-electron chi connectivity index (χ3n) is 5.10. The molecule has 172 valence electrons. The molecule has 0 bridgehead atoms. The molecule has 2 aromatic carbocycles. The van der Waals surface area contributed by atoms with E-state index in [4.69, 9.17) is 9.47 Å². The van der Waals surface area contributed by atoms with Crippen molar-refractivity contribution in [3.05, 3.63) is 74.6 Å². The van der Waals surface area contributed by atoms with E-state index in [0.717, 1.165) is 29.2 Å². The van der Waals surface area contributed by atoms with Crippen LogP contribution in [-0.4, -0.2) is 42.3 Å². The third-order valence-corrected chi connectivity index (χ3v) is 5.10. The first-order valence-electron chi connectivity index (χ1n) is 9.36. The van der Waals surface area contributed by atoms with E-state index < -0.39 is 57.6 Å². The minimum Gasteiger partial charge on any atom is -0.359 e. The highest BCUT2D eigenvalue weighted by molar-refractivity contribution is 5.94. The molecule has 0 unspecified atom stereocenters. The molecule has 2 aromatic rings. The molecule has 1 fully saturated rings. The average molecular weight is 460 g/mol. The van der Waals surface area contributed by atoms with Gasteiger partial charge in [-0.2, -0.15) is 0 Å². The summed E-state index contributed by atoms with van der Waals surface area (Å²) in [5.41, 5.74) is -1.56. The molecule has 1 amide bonds. The summed E-state index contributed by atoms with van der Waals surface area (Å²) in [6.45, 7) is -0.428. The largest absolute Gasteiger partial charge is 0.359 e. The van der Waals surface area contributed by atoms with Crippen molar-refractivity contribution in [2.24, 2.45) is 0 Å². The molecule has 0 radical (unpaired) electrons. The van der Waals surface area contributed by atoms with Crippen molar-refractivity contribution < 1.29 is 41.1 Å². The summed E-state index contributed by atoms with van der Waals surface area (Å²) in [6, 6.07) is 2.73. The second-order valence-electron chi connectivity index (χ2n) is 6.98. The predicted octanol–water partition coefficient (Wildman–Crippen LogP) is 4.26. The summed E-state index contributed by atoms with van der Waals surface area (Å²) < 4.78 is 80.9. The fourth-order valence-corrected chi connectivity index (χ4v) is 3.63. The smallest absolute Gasteiger partial charge is 0.269 e. The van der Waals surface area contributed by atoms with E-state index in [1.165, 1.54) is 7.11 Å². The van der Waals surface area contributed by atoms with Gasteiger partial charge in [0.15, 0.2) is 23.3 Å². The number of nitro benzene ring substituents is 1. The molecule has 1 saturated heterocycles. The highest BCUT2D eigenvalue weighted by atomic mass is 19.2. The SMILES string of the molecule is COCO[C@@H]1CCCN(C(=O)c2ccc([N+](=O)[O-])cc2)[C@H]1c1c(F)c(F)c(F)c(F)c1F. The van der Waals surface area contributed by atoms with E-state index >= 15 is 0 Å². The van der Waals surface area contributed by atoms with Crippen molar-refractivity contribution in [1.29, 1.82) is 0 Å². The maximum absolute atomic E-state index is 14.6. The third kappa shape index (κ3) is 4.28. The van der Waals surface area contributed by atoms with Gasteiger partial charge in [0.25, 0.3) is 11.6 Å². The molecule has 0 aromatic heterocycles. The molecule has 0 spiro atoms. The number of ether oxygens (including phenoxy) is 2. The molecule has 12 heteroatoms. The number of amides is 1. The number of nitro groups is 1. The van der Waals surface area contributed by atoms with E-state index in [-0.39, 0.29) is 31.0 Å². The van der Waals surface area contributed by atoms with Crippen LogP contribution in [0.15, 0.2) is 24.3 Å². The van der Waals surface area contributed by atoms with Crippen molar-refractivity contribution in [2.45, 2.75) is 25.0 Å². The lowest BCUT2D eigenvalue weighted by Gasteiger charge is -2.41. The highest BCUT2D eigenvalue weighted by Crippen LogP contribution is 2.39. The molecular formula is C20H17F5N2O5. The Morgan fingerprint density at radius 3 is 2.16 bits per heavy atom. The number of rotatable bonds is 6. The topological polar surface area (TPSA) is 81.9 Å². The first-order valence-corrected chi connectivity index (χ1v) is 9.36. The average Bonchev–Trinajstić information content (AvgIpc) is 2.80. The molecule has 1 aliphatic heterocycles. The van der Waals surface area contributed by atoms with Gasteiger partial charge in [-0.25, -0.2) is 22.0 Å². The van der Waals surface area contributed by atoms with Crippen LogP contribution in [0.25, 0.3) is 0 Å². The number of benzene rings is 2. The number of carbonyl (C=O) groups is 1. The lowest BCUT2D eigenvalue weighted by molar-refractivity contribution is -0.384. The highest BCUT2D eigenvalue weighted by Gasteiger charge is 2.42. The number of likely N-dealkylation sites (tertiary alicyclic amines) is 1. The number of hydrogen-bond acceptors (Lipinski definition) is 5. The van der Waals surface area contributed by atoms with Gasteiger partial charge in [-0.05, 0) is 25.0 Å². The monoisotopic (exact) mass is 460 g/mol. The number of nitrogens with zero attached hydrogens (tertiary/aromatic N) is 2. The normalized spacial score (nSPS) is 18.6. The zero-order chi connectivity index (χ0) is 23.6. The maximum Gasteiger partial charge on any atom is 0.269 e. The summed E-state index contributed by atoms with van der Waals surface area (Å²) in [7, 11) is 1.27. The first-order chi connectivity index (χ1) is 15.2. The van der Waals surface area contributed by atoms with Crippen LogP contribution in [0.1, 0.15) is 34.8 Å². The van der Waals surface area contributed by atoms with E-state index in [0.29, 0.717) is 6.42 Å². The quantitative estimate of drug-likeness (QED) is 0.161. The van der Waals surface area contributed by atoms with Gasteiger partial charge >= 0.3 is 0 Å². The van der Waals surface area contributed by atoms with Gasteiger partial charge in [-0.1, -0.05) is 0 Å². The number of halogens is 5. The fraction of sp³-hybridized carbons (Fsp3) is 0.350. The van der Waals surface area contributed by atoms with Crippen molar-refractivity contribution in [3.63, 3.8) is 0 Å². The number of carbonyl (C=O) groups excluding carboxylic acids is 1. The first kappa shape index (κ1) is 23.5. The Hall–Kier alpha value is -3.12. The van der Waals surface area contributed by atoms with Crippen LogP contribution in [0.2, 0.25) is 0 Å². The van der Waals surface area contributed by atoms with Crippen molar-refractivity contribution in [3.8, 4) is 0 Å². The van der Waals surface area contributed by atoms with Gasteiger partial charge in [-0.15, -0.1) is 0 Å². The Morgan fingerprint density at radius 2 is 1.62 bits per heavy atom. The second kappa shape index (κ2) is 9.57. The van der Waals surface area contributed by atoms with Crippen LogP contribution in [0.3, 0.4) is 0 Å². The van der Waals surface area contributed by atoms with E-state index in [9.17, 15) is 36.9 Å². The van der Waals surface area contributed by atoms with E-state index in [1.807, 2.05) is 0 Å². The number of piperidine rings is 1. The van der Waals surface area contributed by atoms with Gasteiger partial charge < -0.3 is 14.4 Å². The molecule has 32 heavy (non-hydrogen) atoms. The zero-order valence-electron chi connectivity index (χ0n) is 16.6. The van der Waals surface area contributed by atoms with E-state index in [2.05, 4.69) is 0 Å². The maximum atomic E-state index is 14.6. The zero-order valence-corrected chi connectivity index (χ0v) is 16.6. The molecule has 7 nitrogen and oxygen atoms in total. The summed E-state index contributed by atoms with van der Waals surface area (Å²) in [6.07, 6.45) is -0.685. The number of non-ortho nitro benzene ring substituents is 1. The minimum atomic E-state index is -2.32. The van der Waals surface area contributed by atoms with Crippen LogP contribution in [0, 0.1) is 39.2 Å². The summed E-state index contributed by atoms with van der Waals surface area (Å²) in [5, 5.41) is 10.8. The Kier molecular flexibility index (Phi) is 7.04. The molecule has 0 saturated carbocycles. The van der Waals surface area contributed by atoms with Crippen LogP contribution in [0.5, 0.6) is 0 Å². The minimum absolute atomic E-state index is 0.0723. The Labute approximate surface area is 178 Å². The molecule has 1 heterocycles. The van der Waals surface area contributed by atoms with Crippen LogP contribution in [-0.2, 0) is 9.47 Å². The summed E-state index contributed by atoms with van der Waals surface area (Å²) in [5.74, 6) is -11.6. The van der Waals surface area contributed by atoms with Crippen LogP contribution >= 0.6 is 0 Å². The lowest BCUT2D eigenvalue weighted by Crippen LogP contribution is -2.47. The lowest BCUT2D eigenvalue weighted by atomic mass is 9.90. The Morgan fingerprint density at radius 1 is 1.06 bits per heavy atom. The Balaban J connectivity index is 2.10. The summed E-state index contributed by atoms with van der Waals surface area (Å²) >= 11 is 0. The van der Waals surface area contributed by atoms with Crippen molar-refractivity contribution >= 4 is 11.6 Å². The molecule has 1 aliphatic rings. The number of hydrogen-bond donors (Lipinski definition) is 0. The van der Waals surface area contributed by atoms with Crippen molar-refractivity contribution in [2.75, 3.05) is 20.4 Å². The fourth-order valence-electron chi connectivity index (χ4n) is 3.63. The van der Waals surface area contributed by atoms with Gasteiger partial charge in [0.2, 0.25) is 5.82 Å². The second-order valence-corrected chi connectivity index (χ2v) is 6.98. The van der Waals surface area contributed by atoms with Gasteiger partial charge in [0.05, 0.1) is 22.6 Å². The van der Waals surface area contributed by atoms with E-state index in [1.54, 1.807) is 0 Å². The molecule has 0 N–H and O–H groups in total. The predicted molar refractivity (Wildman–Crippen MR) is 99.1 cm³/mol. The molecule has 0 aliphatic carbocycles. The van der Waals surface area contributed by atoms with Crippen LogP contribution < -0.4 is 0 Å². The standard InChI is InChI=1S/C20H17F5N2O5/c1-31-9-32-12-3-2-8-26(20(28)10-4-6-11(7-5-10)27(29)30)19(12)13-14(21)16(23)18(25)17(24)15(13)22/h4-7,12,19H,2-3,8-9H2,1H3/t12-,19-/m1/s1. The molecule has 3 rings (SSSR count). The Bertz CT molecular complexity index is 1010. The van der Waals surface area contributed by atoms with Gasteiger partial charge in [0.1, 0.15) is 6.79 Å². The van der Waals surface area contributed by atoms with Gasteiger partial charge in [0, 0.05) is 31.4 Å².